The predicted molar refractivity (Wildman–Crippen MR) is 120 cm³/mol. The largest absolute Gasteiger partial charge is 0.486 e. The molecule has 0 atom stereocenters. The van der Waals surface area contributed by atoms with Gasteiger partial charge in [-0.25, -0.2) is 0 Å². The molecule has 30 heavy (non-hydrogen) atoms. The number of hydrogen-bond acceptors (Lipinski definition) is 3. The van der Waals surface area contributed by atoms with E-state index in [2.05, 4.69) is 53.2 Å². The Hall–Kier alpha value is -3.47. The van der Waals surface area contributed by atoms with Gasteiger partial charge in [-0.2, -0.15) is 0 Å². The molecule has 4 aromatic rings. The SMILES string of the molecule is CCn1c2ccccc2c2cc(NC(=O)CCc3ccc4c(c3)OCCO4)ccc21. The van der Waals surface area contributed by atoms with Crippen LogP contribution in [0.5, 0.6) is 11.5 Å². The van der Waals surface area contributed by atoms with E-state index in [1.807, 2.05) is 24.3 Å². The van der Waals surface area contributed by atoms with Gasteiger partial charge in [0.2, 0.25) is 5.91 Å². The van der Waals surface area contributed by atoms with Gasteiger partial charge in [-0.3, -0.25) is 4.79 Å². The lowest BCUT2D eigenvalue weighted by molar-refractivity contribution is -0.116. The van der Waals surface area contributed by atoms with E-state index in [0.29, 0.717) is 26.1 Å². The van der Waals surface area contributed by atoms with E-state index in [9.17, 15) is 4.79 Å². The van der Waals surface area contributed by atoms with Gasteiger partial charge >= 0.3 is 0 Å². The highest BCUT2D eigenvalue weighted by molar-refractivity contribution is 6.09. The first-order valence-electron chi connectivity index (χ1n) is 10.4. The van der Waals surface area contributed by atoms with Crippen LogP contribution in [0.15, 0.2) is 60.7 Å². The Labute approximate surface area is 175 Å². The van der Waals surface area contributed by atoms with Crippen molar-refractivity contribution in [1.82, 2.24) is 4.57 Å². The number of ether oxygens (including phenoxy) is 2. The zero-order valence-electron chi connectivity index (χ0n) is 17.0. The molecule has 3 aromatic carbocycles. The summed E-state index contributed by atoms with van der Waals surface area (Å²) in [5.74, 6) is 1.54. The fourth-order valence-electron chi connectivity index (χ4n) is 4.20. The van der Waals surface area contributed by atoms with Crippen LogP contribution in [0.4, 0.5) is 5.69 Å². The molecule has 1 aliphatic rings. The van der Waals surface area contributed by atoms with Crippen molar-refractivity contribution in [3.63, 3.8) is 0 Å². The Balaban J connectivity index is 1.32. The fraction of sp³-hybridized carbons (Fsp3) is 0.240. The molecule has 0 radical (unpaired) electrons. The van der Waals surface area contributed by atoms with Crippen LogP contribution in [0.25, 0.3) is 21.8 Å². The molecule has 152 valence electrons. The summed E-state index contributed by atoms with van der Waals surface area (Å²) < 4.78 is 13.5. The van der Waals surface area contributed by atoms with E-state index in [-0.39, 0.29) is 5.91 Å². The third-order valence-electron chi connectivity index (χ3n) is 5.62. The van der Waals surface area contributed by atoms with Crippen LogP contribution in [0.3, 0.4) is 0 Å². The van der Waals surface area contributed by atoms with E-state index in [1.165, 1.54) is 16.4 Å². The van der Waals surface area contributed by atoms with Crippen molar-refractivity contribution >= 4 is 33.4 Å². The molecule has 5 nitrogen and oxygen atoms in total. The smallest absolute Gasteiger partial charge is 0.224 e. The Bertz CT molecular complexity index is 1240. The van der Waals surface area contributed by atoms with Gasteiger partial charge in [-0.15, -0.1) is 0 Å². The summed E-state index contributed by atoms with van der Waals surface area (Å²) in [6.07, 6.45) is 1.06. The van der Waals surface area contributed by atoms with Gasteiger partial charge in [0.15, 0.2) is 11.5 Å². The van der Waals surface area contributed by atoms with Crippen molar-refractivity contribution in [3.05, 3.63) is 66.2 Å². The number of nitrogens with one attached hydrogen (secondary N) is 1. The number of para-hydroxylation sites is 1. The topological polar surface area (TPSA) is 52.5 Å². The summed E-state index contributed by atoms with van der Waals surface area (Å²) in [6, 6.07) is 20.4. The average molecular weight is 400 g/mol. The van der Waals surface area contributed by atoms with Crippen molar-refractivity contribution in [1.29, 1.82) is 0 Å². The van der Waals surface area contributed by atoms with E-state index in [4.69, 9.17) is 9.47 Å². The minimum Gasteiger partial charge on any atom is -0.486 e. The molecular weight excluding hydrogens is 376 g/mol. The first-order valence-corrected chi connectivity index (χ1v) is 10.4. The summed E-state index contributed by atoms with van der Waals surface area (Å²) in [4.78, 5) is 12.6. The molecule has 0 aliphatic carbocycles. The zero-order valence-corrected chi connectivity index (χ0v) is 17.0. The number of rotatable bonds is 5. The number of aromatic nitrogens is 1. The van der Waals surface area contributed by atoms with Crippen LogP contribution >= 0.6 is 0 Å². The van der Waals surface area contributed by atoms with Gasteiger partial charge in [-0.1, -0.05) is 24.3 Å². The minimum absolute atomic E-state index is 0.00321. The van der Waals surface area contributed by atoms with Gasteiger partial charge < -0.3 is 19.4 Å². The molecule has 1 aromatic heterocycles. The molecule has 0 unspecified atom stereocenters. The van der Waals surface area contributed by atoms with Gasteiger partial charge in [0.1, 0.15) is 13.2 Å². The van der Waals surface area contributed by atoms with Gasteiger partial charge in [0.05, 0.1) is 0 Å². The second-order valence-corrected chi connectivity index (χ2v) is 7.52. The number of hydrogen-bond donors (Lipinski definition) is 1. The lowest BCUT2D eigenvalue weighted by Gasteiger charge is -2.18. The highest BCUT2D eigenvalue weighted by atomic mass is 16.6. The van der Waals surface area contributed by atoms with E-state index in [1.54, 1.807) is 0 Å². The number of aryl methyl sites for hydroxylation is 2. The number of amides is 1. The summed E-state index contributed by atoms with van der Waals surface area (Å²) in [6.45, 7) is 4.20. The second kappa shape index (κ2) is 7.75. The molecule has 2 heterocycles. The number of carbonyl (C=O) groups is 1. The molecule has 0 saturated heterocycles. The molecule has 5 rings (SSSR count). The highest BCUT2D eigenvalue weighted by Gasteiger charge is 2.13. The fourth-order valence-corrected chi connectivity index (χ4v) is 4.20. The molecule has 1 amide bonds. The van der Waals surface area contributed by atoms with Crippen LogP contribution in [-0.4, -0.2) is 23.7 Å². The molecule has 0 spiro atoms. The van der Waals surface area contributed by atoms with Crippen LogP contribution < -0.4 is 14.8 Å². The maximum atomic E-state index is 12.6. The molecule has 1 N–H and O–H groups in total. The lowest BCUT2D eigenvalue weighted by Crippen LogP contribution is -2.15. The van der Waals surface area contributed by atoms with Crippen molar-refractivity contribution in [2.24, 2.45) is 0 Å². The van der Waals surface area contributed by atoms with Crippen molar-refractivity contribution in [3.8, 4) is 11.5 Å². The normalized spacial score (nSPS) is 13.0. The van der Waals surface area contributed by atoms with E-state index >= 15 is 0 Å². The average Bonchev–Trinajstić information content (AvgIpc) is 3.10. The molecule has 0 fully saturated rings. The third-order valence-corrected chi connectivity index (χ3v) is 5.62. The van der Waals surface area contributed by atoms with E-state index < -0.39 is 0 Å². The monoisotopic (exact) mass is 400 g/mol. The number of anilines is 1. The number of fused-ring (bicyclic) bond motifs is 4. The molecule has 0 saturated carbocycles. The Morgan fingerprint density at radius 1 is 0.933 bits per heavy atom. The predicted octanol–water partition coefficient (Wildman–Crippen LogP) is 5.16. The van der Waals surface area contributed by atoms with Gasteiger partial charge in [-0.05, 0) is 55.3 Å². The summed E-state index contributed by atoms with van der Waals surface area (Å²) >= 11 is 0. The van der Waals surface area contributed by atoms with Crippen LogP contribution in [0, 0.1) is 0 Å². The summed E-state index contributed by atoms with van der Waals surface area (Å²) in [7, 11) is 0. The molecular formula is C25H24N2O3. The quantitative estimate of drug-likeness (QED) is 0.504. The van der Waals surface area contributed by atoms with Crippen LogP contribution in [0.2, 0.25) is 0 Å². The second-order valence-electron chi connectivity index (χ2n) is 7.52. The molecule has 0 bridgehead atoms. The van der Waals surface area contributed by atoms with Gasteiger partial charge in [0.25, 0.3) is 0 Å². The highest BCUT2D eigenvalue weighted by Crippen LogP contribution is 2.32. The Kier molecular flexibility index (Phi) is 4.79. The maximum absolute atomic E-state index is 12.6. The summed E-state index contributed by atoms with van der Waals surface area (Å²) in [5.41, 5.74) is 4.30. The third kappa shape index (κ3) is 3.36. The zero-order chi connectivity index (χ0) is 20.5. The number of benzene rings is 3. The van der Waals surface area contributed by atoms with E-state index in [0.717, 1.165) is 34.7 Å². The molecule has 5 heteroatoms. The van der Waals surface area contributed by atoms with Gasteiger partial charge in [0, 0.05) is 40.5 Å². The standard InChI is InChI=1S/C25H24N2O3/c1-2-27-21-6-4-3-5-19(21)20-16-18(9-10-22(20)27)26-25(28)12-8-17-7-11-23-24(15-17)30-14-13-29-23/h3-7,9-11,15-16H,2,8,12-14H2,1H3,(H,26,28). The Morgan fingerprint density at radius 3 is 2.60 bits per heavy atom. The van der Waals surface area contributed by atoms with Crippen molar-refractivity contribution < 1.29 is 14.3 Å². The lowest BCUT2D eigenvalue weighted by atomic mass is 10.1. The molecule has 1 aliphatic heterocycles. The van der Waals surface area contributed by atoms with Crippen LogP contribution in [0.1, 0.15) is 18.9 Å². The van der Waals surface area contributed by atoms with Crippen LogP contribution in [-0.2, 0) is 17.8 Å². The first-order chi connectivity index (χ1) is 14.7. The first kappa shape index (κ1) is 18.6. The number of nitrogens with zero attached hydrogens (tertiary/aromatic N) is 1. The number of carbonyl (C=O) groups excluding carboxylic acids is 1. The van der Waals surface area contributed by atoms with Crippen molar-refractivity contribution in [2.75, 3.05) is 18.5 Å². The maximum Gasteiger partial charge on any atom is 0.224 e. The minimum atomic E-state index is 0.00321. The Morgan fingerprint density at radius 2 is 1.73 bits per heavy atom. The summed E-state index contributed by atoms with van der Waals surface area (Å²) in [5, 5.41) is 5.43. The van der Waals surface area contributed by atoms with Crippen molar-refractivity contribution in [2.45, 2.75) is 26.3 Å².